The average Bonchev–Trinajstić information content (AvgIpc) is 2.78. The fourth-order valence-electron chi connectivity index (χ4n) is 7.42. The number of methoxy groups -OCH3 is 1. The summed E-state index contributed by atoms with van der Waals surface area (Å²) in [4.78, 5) is 11.6. The molecule has 4 aliphatic carbocycles. The molecule has 6 aliphatic rings. The van der Waals surface area contributed by atoms with E-state index in [9.17, 15) is 20.4 Å². The lowest BCUT2D eigenvalue weighted by atomic mass is 9.46. The largest absolute Gasteiger partial charge is 0.462 e. The molecule has 2 heterocycles. The SMILES string of the molecule is COC1(c2cccc(O[C@@H]3O[C@H](CO)[C@@H](O)[C@H](O)[C@H]3O)c2)OOC12C1CC3CC2CC(Cl)(C3)C1. The number of alkyl halides is 1. The van der Waals surface area contributed by atoms with Crippen LogP contribution in [0.2, 0.25) is 0 Å². The molecule has 4 saturated carbocycles. The van der Waals surface area contributed by atoms with Crippen LogP contribution in [0.15, 0.2) is 24.3 Å². The molecule has 7 rings (SSSR count). The van der Waals surface area contributed by atoms with Gasteiger partial charge in [-0.15, -0.1) is 11.6 Å². The predicted octanol–water partition coefficient (Wildman–Crippen LogP) is 1.18. The van der Waals surface area contributed by atoms with E-state index in [0.29, 0.717) is 17.2 Å². The van der Waals surface area contributed by atoms with E-state index in [-0.39, 0.29) is 16.7 Å². The third-order valence-electron chi connectivity index (χ3n) is 8.74. The summed E-state index contributed by atoms with van der Waals surface area (Å²) in [7, 11) is 1.61. The van der Waals surface area contributed by atoms with Crippen LogP contribution in [0.25, 0.3) is 0 Å². The van der Waals surface area contributed by atoms with Crippen LogP contribution in [0.1, 0.15) is 37.7 Å². The van der Waals surface area contributed by atoms with Crippen LogP contribution in [0.4, 0.5) is 0 Å². The Labute approximate surface area is 202 Å². The van der Waals surface area contributed by atoms with E-state index in [1.54, 1.807) is 25.3 Å². The highest BCUT2D eigenvalue weighted by atomic mass is 35.5. The van der Waals surface area contributed by atoms with Crippen LogP contribution in [-0.2, 0) is 25.0 Å². The first-order chi connectivity index (χ1) is 16.2. The van der Waals surface area contributed by atoms with E-state index < -0.39 is 48.7 Å². The molecule has 0 aromatic heterocycles. The number of ether oxygens (including phenoxy) is 3. The summed E-state index contributed by atoms with van der Waals surface area (Å²) in [6, 6.07) is 7.10. The summed E-state index contributed by atoms with van der Waals surface area (Å²) in [5.41, 5.74) is 0.0678. The van der Waals surface area contributed by atoms with E-state index in [1.165, 1.54) is 0 Å². The second-order valence-electron chi connectivity index (χ2n) is 10.6. The highest BCUT2D eigenvalue weighted by Gasteiger charge is 2.78. The summed E-state index contributed by atoms with van der Waals surface area (Å²) in [5, 5.41) is 39.9. The van der Waals surface area contributed by atoms with Crippen molar-refractivity contribution in [3.8, 4) is 5.75 Å². The Bertz CT molecular complexity index is 923. The second-order valence-corrected chi connectivity index (χ2v) is 11.4. The third-order valence-corrected chi connectivity index (χ3v) is 9.20. The molecular formula is C24H31ClO9. The highest BCUT2D eigenvalue weighted by molar-refractivity contribution is 6.24. The van der Waals surface area contributed by atoms with Crippen molar-refractivity contribution in [3.05, 3.63) is 29.8 Å². The van der Waals surface area contributed by atoms with Gasteiger partial charge in [0, 0.05) is 17.5 Å². The van der Waals surface area contributed by atoms with Gasteiger partial charge in [-0.25, -0.2) is 4.89 Å². The van der Waals surface area contributed by atoms with Gasteiger partial charge in [-0.2, -0.15) is 4.89 Å². The van der Waals surface area contributed by atoms with Gasteiger partial charge in [0.15, 0.2) is 5.60 Å². The van der Waals surface area contributed by atoms with Crippen LogP contribution in [0.5, 0.6) is 5.75 Å². The van der Waals surface area contributed by atoms with E-state index in [0.717, 1.165) is 32.1 Å². The predicted molar refractivity (Wildman–Crippen MR) is 117 cm³/mol. The number of halogens is 1. The van der Waals surface area contributed by atoms with Crippen LogP contribution in [-0.4, -0.2) is 75.3 Å². The topological polar surface area (TPSA) is 127 Å². The molecule has 0 amide bonds. The Balaban J connectivity index is 1.29. The normalized spacial score (nSPS) is 51.5. The van der Waals surface area contributed by atoms with Crippen LogP contribution < -0.4 is 4.74 Å². The first kappa shape index (κ1) is 23.4. The molecule has 2 aliphatic heterocycles. The van der Waals surface area contributed by atoms with E-state index in [2.05, 4.69) is 0 Å². The lowest BCUT2D eigenvalue weighted by Crippen LogP contribution is -2.78. The van der Waals surface area contributed by atoms with Crippen molar-refractivity contribution in [2.24, 2.45) is 17.8 Å². The first-order valence-corrected chi connectivity index (χ1v) is 12.3. The van der Waals surface area contributed by atoms with Crippen LogP contribution in [0.3, 0.4) is 0 Å². The Morgan fingerprint density at radius 3 is 2.35 bits per heavy atom. The van der Waals surface area contributed by atoms with Crippen molar-refractivity contribution in [2.75, 3.05) is 13.7 Å². The number of aliphatic hydroxyl groups excluding tert-OH is 4. The van der Waals surface area contributed by atoms with E-state index in [4.69, 9.17) is 35.6 Å². The molecule has 188 valence electrons. The average molecular weight is 499 g/mol. The molecule has 6 fully saturated rings. The summed E-state index contributed by atoms with van der Waals surface area (Å²) >= 11 is 6.96. The minimum atomic E-state index is -1.52. The lowest BCUT2D eigenvalue weighted by Gasteiger charge is -2.70. The molecule has 9 nitrogen and oxygen atoms in total. The van der Waals surface area contributed by atoms with Gasteiger partial charge < -0.3 is 34.6 Å². The van der Waals surface area contributed by atoms with Gasteiger partial charge in [-0.1, -0.05) is 12.1 Å². The van der Waals surface area contributed by atoms with Crippen molar-refractivity contribution in [3.63, 3.8) is 0 Å². The zero-order chi connectivity index (χ0) is 23.9. The summed E-state index contributed by atoms with van der Waals surface area (Å²) in [5.74, 6) is 0.235. The molecule has 4 bridgehead atoms. The molecule has 3 unspecified atom stereocenters. The van der Waals surface area contributed by atoms with Crippen molar-refractivity contribution in [1.29, 1.82) is 0 Å². The first-order valence-electron chi connectivity index (χ1n) is 11.9. The second kappa shape index (κ2) is 7.99. The minimum absolute atomic E-state index is 0.172. The Morgan fingerprint density at radius 1 is 1.03 bits per heavy atom. The van der Waals surface area contributed by atoms with Crippen molar-refractivity contribution < 1.29 is 44.4 Å². The maximum absolute atomic E-state index is 10.4. The van der Waals surface area contributed by atoms with E-state index in [1.807, 2.05) is 6.07 Å². The smallest absolute Gasteiger partial charge is 0.260 e. The number of benzene rings is 1. The van der Waals surface area contributed by atoms with Gasteiger partial charge in [-0.3, -0.25) is 0 Å². The van der Waals surface area contributed by atoms with E-state index >= 15 is 0 Å². The van der Waals surface area contributed by atoms with Gasteiger partial charge in [-0.05, 0) is 62.0 Å². The zero-order valence-electron chi connectivity index (χ0n) is 18.9. The molecule has 1 spiro atoms. The fraction of sp³-hybridized carbons (Fsp3) is 0.750. The lowest BCUT2D eigenvalue weighted by molar-refractivity contribution is -0.645. The molecule has 0 radical (unpaired) electrons. The summed E-state index contributed by atoms with van der Waals surface area (Å²) < 4.78 is 17.4. The molecule has 8 atom stereocenters. The van der Waals surface area contributed by atoms with Gasteiger partial charge in [0.1, 0.15) is 30.2 Å². The molecule has 10 heteroatoms. The molecule has 1 aromatic rings. The van der Waals surface area contributed by atoms with Crippen LogP contribution >= 0.6 is 11.6 Å². The van der Waals surface area contributed by atoms with Gasteiger partial charge >= 0.3 is 0 Å². The molecular weight excluding hydrogens is 468 g/mol. The molecule has 4 N–H and O–H groups in total. The highest BCUT2D eigenvalue weighted by Crippen LogP contribution is 2.71. The quantitative estimate of drug-likeness (QED) is 0.349. The zero-order valence-corrected chi connectivity index (χ0v) is 19.6. The monoisotopic (exact) mass is 498 g/mol. The van der Waals surface area contributed by atoms with Crippen LogP contribution in [0, 0.1) is 17.8 Å². The van der Waals surface area contributed by atoms with Gasteiger partial charge in [0.2, 0.25) is 6.29 Å². The molecule has 34 heavy (non-hydrogen) atoms. The van der Waals surface area contributed by atoms with Gasteiger partial charge in [0.05, 0.1) is 6.61 Å². The Morgan fingerprint density at radius 2 is 1.76 bits per heavy atom. The number of rotatable bonds is 5. The number of aliphatic hydroxyl groups is 4. The van der Waals surface area contributed by atoms with Gasteiger partial charge in [0.25, 0.3) is 5.79 Å². The standard InChI is InChI=1S/C24H31ClO9/c1-30-24(23(33-34-24)14-5-12-6-15(23)10-22(25,8-12)9-14)13-3-2-4-16(7-13)31-21-20(29)19(28)18(27)17(11-26)32-21/h2-4,7,12,14-15,17-21,26-29H,5-6,8-11H2,1H3/t12?,14?,15?,17-,18-,19+,20-,21-,22?,23?,24?/m1/s1. The van der Waals surface area contributed by atoms with Crippen molar-refractivity contribution >= 4 is 11.6 Å². The Hall–Kier alpha value is -1.01. The van der Waals surface area contributed by atoms with Crippen molar-refractivity contribution in [1.82, 2.24) is 0 Å². The summed E-state index contributed by atoms with van der Waals surface area (Å²) in [6.07, 6.45) is -1.99. The molecule has 1 aromatic carbocycles. The number of hydrogen-bond acceptors (Lipinski definition) is 9. The van der Waals surface area contributed by atoms with Crippen molar-refractivity contribution in [2.45, 2.75) is 79.1 Å². The maximum Gasteiger partial charge on any atom is 0.260 e. The fourth-order valence-corrected chi connectivity index (χ4v) is 8.01. The minimum Gasteiger partial charge on any atom is -0.462 e. The third kappa shape index (κ3) is 3.09. The Kier molecular flexibility index (Phi) is 5.50. The maximum atomic E-state index is 10.4. The number of hydrogen-bond donors (Lipinski definition) is 4. The molecule has 2 saturated heterocycles. The summed E-state index contributed by atoms with van der Waals surface area (Å²) in [6.45, 7) is -0.531.